The Morgan fingerprint density at radius 3 is 2.75 bits per heavy atom. The molecule has 5 nitrogen and oxygen atoms in total. The monoisotopic (exact) mass is 225 g/mol. The molecule has 0 fully saturated rings. The van der Waals surface area contributed by atoms with Gasteiger partial charge in [0, 0.05) is 21.1 Å². The third kappa shape index (κ3) is 3.00. The van der Waals surface area contributed by atoms with Crippen molar-refractivity contribution in [2.75, 3.05) is 27.7 Å². The number of nitrogens with zero attached hydrogens (tertiary/aromatic N) is 2. The average molecular weight is 225 g/mol. The van der Waals surface area contributed by atoms with Crippen LogP contribution in [0.2, 0.25) is 0 Å². The van der Waals surface area contributed by atoms with Gasteiger partial charge in [-0.2, -0.15) is 0 Å². The van der Waals surface area contributed by atoms with Gasteiger partial charge in [0.15, 0.2) is 5.96 Å². The van der Waals surface area contributed by atoms with Crippen molar-refractivity contribution in [2.45, 2.75) is 12.5 Å². The molecule has 0 saturated carbocycles. The second-order valence-corrected chi connectivity index (χ2v) is 4.05. The van der Waals surface area contributed by atoms with E-state index < -0.39 is 5.60 Å². The zero-order valence-electron chi connectivity index (χ0n) is 10.2. The van der Waals surface area contributed by atoms with Crippen molar-refractivity contribution in [1.29, 1.82) is 0 Å². The van der Waals surface area contributed by atoms with Gasteiger partial charge in [-0.15, -0.1) is 0 Å². The summed E-state index contributed by atoms with van der Waals surface area (Å²) in [6.45, 7) is 2.03. The predicted octanol–water partition coefficient (Wildman–Crippen LogP) is 0.624. The summed E-state index contributed by atoms with van der Waals surface area (Å²) in [5.41, 5.74) is -1.05. The first kappa shape index (κ1) is 12.6. The highest BCUT2D eigenvalue weighted by molar-refractivity contribution is 5.79. The maximum atomic E-state index is 10.2. The number of rotatable bonds is 3. The van der Waals surface area contributed by atoms with Crippen LogP contribution in [0.3, 0.4) is 0 Å². The summed E-state index contributed by atoms with van der Waals surface area (Å²) in [7, 11) is 5.47. The molecule has 0 spiro atoms. The van der Waals surface area contributed by atoms with Crippen LogP contribution in [0.1, 0.15) is 12.7 Å². The highest BCUT2D eigenvalue weighted by Crippen LogP contribution is 2.19. The summed E-state index contributed by atoms with van der Waals surface area (Å²) in [6.07, 6.45) is 1.55. The normalized spacial score (nSPS) is 15.7. The van der Waals surface area contributed by atoms with E-state index >= 15 is 0 Å². The van der Waals surface area contributed by atoms with E-state index in [0.29, 0.717) is 18.3 Å². The minimum Gasteiger partial charge on any atom is -0.466 e. The number of nitrogens with one attached hydrogen (secondary N) is 1. The summed E-state index contributed by atoms with van der Waals surface area (Å²) < 4.78 is 5.18. The van der Waals surface area contributed by atoms with Gasteiger partial charge in [-0.05, 0) is 19.1 Å². The fourth-order valence-corrected chi connectivity index (χ4v) is 1.36. The van der Waals surface area contributed by atoms with E-state index in [-0.39, 0.29) is 0 Å². The van der Waals surface area contributed by atoms with E-state index in [0.717, 1.165) is 0 Å². The number of hydrogen-bond donors (Lipinski definition) is 2. The maximum absolute atomic E-state index is 10.2. The van der Waals surface area contributed by atoms with Crippen LogP contribution in [0.5, 0.6) is 0 Å². The van der Waals surface area contributed by atoms with Crippen LogP contribution in [-0.2, 0) is 5.60 Å². The molecule has 1 aromatic rings. The van der Waals surface area contributed by atoms with Crippen molar-refractivity contribution >= 4 is 5.96 Å². The SMILES string of the molecule is CN=C(NCC(C)(O)c1ccco1)N(C)C. The van der Waals surface area contributed by atoms with Gasteiger partial charge in [-0.1, -0.05) is 0 Å². The summed E-state index contributed by atoms with van der Waals surface area (Å²) in [6, 6.07) is 3.50. The molecule has 0 amide bonds. The highest BCUT2D eigenvalue weighted by Gasteiger charge is 2.26. The van der Waals surface area contributed by atoms with Gasteiger partial charge in [0.05, 0.1) is 12.8 Å². The molecule has 5 heteroatoms. The lowest BCUT2D eigenvalue weighted by atomic mass is 10.0. The Hall–Kier alpha value is -1.49. The molecule has 16 heavy (non-hydrogen) atoms. The summed E-state index contributed by atoms with van der Waals surface area (Å²) >= 11 is 0. The van der Waals surface area contributed by atoms with Gasteiger partial charge < -0.3 is 19.7 Å². The minimum atomic E-state index is -1.05. The Morgan fingerprint density at radius 2 is 2.31 bits per heavy atom. The fourth-order valence-electron chi connectivity index (χ4n) is 1.36. The Balaban J connectivity index is 2.61. The molecule has 0 radical (unpaired) electrons. The van der Waals surface area contributed by atoms with Crippen LogP contribution in [0.25, 0.3) is 0 Å². The topological polar surface area (TPSA) is 61.0 Å². The number of aliphatic hydroxyl groups is 1. The lowest BCUT2D eigenvalue weighted by molar-refractivity contribution is 0.0382. The van der Waals surface area contributed by atoms with Crippen molar-refractivity contribution < 1.29 is 9.52 Å². The molecule has 0 aliphatic rings. The molecule has 0 aliphatic heterocycles. The van der Waals surface area contributed by atoms with E-state index in [1.54, 1.807) is 32.4 Å². The van der Waals surface area contributed by atoms with Crippen LogP contribution in [0.4, 0.5) is 0 Å². The van der Waals surface area contributed by atoms with Crippen molar-refractivity contribution in [3.8, 4) is 0 Å². The molecular formula is C11H19N3O2. The molecule has 1 aromatic heterocycles. The lowest BCUT2D eigenvalue weighted by Crippen LogP contribution is -2.43. The molecule has 2 N–H and O–H groups in total. The molecule has 1 heterocycles. The van der Waals surface area contributed by atoms with Crippen LogP contribution in [0.15, 0.2) is 27.8 Å². The second-order valence-electron chi connectivity index (χ2n) is 4.05. The van der Waals surface area contributed by atoms with E-state index in [1.807, 2.05) is 19.0 Å². The summed E-state index contributed by atoms with van der Waals surface area (Å²) in [5.74, 6) is 1.25. The summed E-state index contributed by atoms with van der Waals surface area (Å²) in [5, 5.41) is 13.2. The molecule has 0 aromatic carbocycles. The van der Waals surface area contributed by atoms with Gasteiger partial charge in [0.25, 0.3) is 0 Å². The molecule has 1 rings (SSSR count). The van der Waals surface area contributed by atoms with Gasteiger partial charge in [-0.3, -0.25) is 4.99 Å². The molecule has 0 aliphatic carbocycles. The third-order valence-electron chi connectivity index (χ3n) is 2.28. The second kappa shape index (κ2) is 5.03. The van der Waals surface area contributed by atoms with Gasteiger partial charge in [0.2, 0.25) is 0 Å². The first-order chi connectivity index (χ1) is 7.47. The Bertz CT molecular complexity index is 342. The van der Waals surface area contributed by atoms with E-state index in [2.05, 4.69) is 10.3 Å². The quantitative estimate of drug-likeness (QED) is 0.585. The number of hydrogen-bond acceptors (Lipinski definition) is 3. The Morgan fingerprint density at radius 1 is 1.62 bits per heavy atom. The minimum absolute atomic E-state index is 0.339. The third-order valence-corrected chi connectivity index (χ3v) is 2.28. The first-order valence-corrected chi connectivity index (χ1v) is 5.11. The maximum Gasteiger partial charge on any atom is 0.193 e. The Kier molecular flexibility index (Phi) is 3.95. The molecule has 90 valence electrons. The van der Waals surface area contributed by atoms with Gasteiger partial charge in [0.1, 0.15) is 11.4 Å². The standard InChI is InChI=1S/C11H19N3O2/c1-11(15,9-6-5-7-16-9)8-13-10(12-2)14(3)4/h5-7,15H,8H2,1-4H3,(H,12,13). The van der Waals surface area contributed by atoms with Crippen molar-refractivity contribution in [1.82, 2.24) is 10.2 Å². The van der Waals surface area contributed by atoms with E-state index in [9.17, 15) is 5.11 Å². The van der Waals surface area contributed by atoms with E-state index in [1.165, 1.54) is 0 Å². The highest BCUT2D eigenvalue weighted by atomic mass is 16.4. The van der Waals surface area contributed by atoms with Gasteiger partial charge >= 0.3 is 0 Å². The van der Waals surface area contributed by atoms with E-state index in [4.69, 9.17) is 4.42 Å². The van der Waals surface area contributed by atoms with Crippen LogP contribution < -0.4 is 5.32 Å². The predicted molar refractivity (Wildman–Crippen MR) is 63.3 cm³/mol. The lowest BCUT2D eigenvalue weighted by Gasteiger charge is -2.24. The van der Waals surface area contributed by atoms with Crippen LogP contribution in [0, 0.1) is 0 Å². The molecular weight excluding hydrogens is 206 g/mol. The molecule has 0 bridgehead atoms. The zero-order valence-corrected chi connectivity index (χ0v) is 10.2. The molecule has 1 atom stereocenters. The molecule has 0 saturated heterocycles. The average Bonchev–Trinajstić information content (AvgIpc) is 2.71. The summed E-state index contributed by atoms with van der Waals surface area (Å²) in [4.78, 5) is 5.91. The number of furan rings is 1. The largest absolute Gasteiger partial charge is 0.466 e. The number of aliphatic imine (C=N–C) groups is 1. The van der Waals surface area contributed by atoms with Crippen molar-refractivity contribution in [3.63, 3.8) is 0 Å². The zero-order chi connectivity index (χ0) is 12.2. The van der Waals surface area contributed by atoms with Crippen LogP contribution in [-0.4, -0.2) is 43.7 Å². The molecule has 1 unspecified atom stereocenters. The fraction of sp³-hybridized carbons (Fsp3) is 0.545. The van der Waals surface area contributed by atoms with Crippen LogP contribution >= 0.6 is 0 Å². The van der Waals surface area contributed by atoms with Crippen molar-refractivity contribution in [2.24, 2.45) is 4.99 Å². The smallest absolute Gasteiger partial charge is 0.193 e. The van der Waals surface area contributed by atoms with Crippen molar-refractivity contribution in [3.05, 3.63) is 24.2 Å². The van der Waals surface area contributed by atoms with Gasteiger partial charge in [-0.25, -0.2) is 0 Å². The number of guanidine groups is 1. The first-order valence-electron chi connectivity index (χ1n) is 5.11. The Labute approximate surface area is 95.8 Å².